The van der Waals surface area contributed by atoms with E-state index in [0.29, 0.717) is 0 Å². The van der Waals surface area contributed by atoms with E-state index >= 15 is 0 Å². The highest BCUT2D eigenvalue weighted by atomic mass is 32.2. The lowest BCUT2D eigenvalue weighted by Gasteiger charge is -2.18. The van der Waals surface area contributed by atoms with Crippen LogP contribution < -0.4 is 5.32 Å². The molecule has 18 heavy (non-hydrogen) atoms. The average Bonchev–Trinajstić information content (AvgIpc) is 2.36. The number of hydrogen-bond donors (Lipinski definition) is 1. The van der Waals surface area contributed by atoms with E-state index in [1.807, 2.05) is 13.0 Å². The second kappa shape index (κ2) is 8.54. The Morgan fingerprint density at radius 1 is 1.28 bits per heavy atom. The smallest absolute Gasteiger partial charge is 0.129 e. The Kier molecular flexibility index (Phi) is 7.36. The SMILES string of the molecule is CCCCSc1cccc(F)c1C(C)NCCC. The fraction of sp³-hybridized carbons (Fsp3) is 0.600. The first-order valence-electron chi connectivity index (χ1n) is 6.85. The molecule has 1 rings (SSSR count). The van der Waals surface area contributed by atoms with E-state index in [1.165, 1.54) is 12.8 Å². The van der Waals surface area contributed by atoms with Crippen molar-refractivity contribution in [3.63, 3.8) is 0 Å². The van der Waals surface area contributed by atoms with Crippen LogP contribution in [0.2, 0.25) is 0 Å². The van der Waals surface area contributed by atoms with Gasteiger partial charge in [-0.15, -0.1) is 11.8 Å². The molecule has 3 heteroatoms. The van der Waals surface area contributed by atoms with Crippen molar-refractivity contribution >= 4 is 11.8 Å². The highest BCUT2D eigenvalue weighted by Gasteiger charge is 2.15. The Bertz CT molecular complexity index is 354. The van der Waals surface area contributed by atoms with Gasteiger partial charge in [0.2, 0.25) is 0 Å². The molecule has 1 aromatic rings. The topological polar surface area (TPSA) is 12.0 Å². The zero-order valence-electron chi connectivity index (χ0n) is 11.6. The minimum atomic E-state index is -0.0902. The average molecular weight is 269 g/mol. The molecule has 1 nitrogen and oxygen atoms in total. The first kappa shape index (κ1) is 15.5. The predicted octanol–water partition coefficient (Wildman–Crippen LogP) is 4.78. The third-order valence-electron chi connectivity index (χ3n) is 2.90. The molecule has 0 radical (unpaired) electrons. The number of unbranched alkanes of at least 4 members (excludes halogenated alkanes) is 1. The van der Waals surface area contributed by atoms with Gasteiger partial charge in [-0.2, -0.15) is 0 Å². The predicted molar refractivity (Wildman–Crippen MR) is 78.7 cm³/mol. The molecule has 0 bridgehead atoms. The minimum Gasteiger partial charge on any atom is -0.310 e. The molecule has 0 fully saturated rings. The summed E-state index contributed by atoms with van der Waals surface area (Å²) in [6.45, 7) is 7.27. The van der Waals surface area contributed by atoms with E-state index in [1.54, 1.807) is 23.9 Å². The number of halogens is 1. The van der Waals surface area contributed by atoms with Gasteiger partial charge in [0.25, 0.3) is 0 Å². The van der Waals surface area contributed by atoms with E-state index < -0.39 is 0 Å². The molecular formula is C15H24FNS. The fourth-order valence-electron chi connectivity index (χ4n) is 1.85. The molecule has 0 saturated carbocycles. The highest BCUT2D eigenvalue weighted by molar-refractivity contribution is 7.99. The van der Waals surface area contributed by atoms with E-state index in [-0.39, 0.29) is 11.9 Å². The number of rotatable bonds is 8. The van der Waals surface area contributed by atoms with Gasteiger partial charge in [-0.3, -0.25) is 0 Å². The lowest BCUT2D eigenvalue weighted by atomic mass is 10.1. The van der Waals surface area contributed by atoms with Crippen molar-refractivity contribution in [2.75, 3.05) is 12.3 Å². The van der Waals surface area contributed by atoms with Crippen molar-refractivity contribution < 1.29 is 4.39 Å². The molecule has 102 valence electrons. The largest absolute Gasteiger partial charge is 0.310 e. The molecule has 0 heterocycles. The van der Waals surface area contributed by atoms with E-state index in [4.69, 9.17) is 0 Å². The summed E-state index contributed by atoms with van der Waals surface area (Å²) in [6, 6.07) is 5.47. The summed E-state index contributed by atoms with van der Waals surface area (Å²) in [6.07, 6.45) is 3.43. The fourth-order valence-corrected chi connectivity index (χ4v) is 3.11. The third-order valence-corrected chi connectivity index (χ3v) is 4.06. The molecule has 0 aliphatic heterocycles. The van der Waals surface area contributed by atoms with Gasteiger partial charge in [-0.1, -0.05) is 26.3 Å². The van der Waals surface area contributed by atoms with Crippen molar-refractivity contribution in [1.29, 1.82) is 0 Å². The van der Waals surface area contributed by atoms with Crippen LogP contribution in [0.5, 0.6) is 0 Å². The normalized spacial score (nSPS) is 12.7. The van der Waals surface area contributed by atoms with Gasteiger partial charge in [-0.05, 0) is 44.2 Å². The molecule has 0 aromatic heterocycles. The maximum absolute atomic E-state index is 14.0. The maximum Gasteiger partial charge on any atom is 0.129 e. The first-order chi connectivity index (χ1) is 8.70. The van der Waals surface area contributed by atoms with Crippen molar-refractivity contribution in [3.8, 4) is 0 Å². The zero-order chi connectivity index (χ0) is 13.4. The van der Waals surface area contributed by atoms with Crippen molar-refractivity contribution in [2.45, 2.75) is 51.0 Å². The molecular weight excluding hydrogens is 245 g/mol. The van der Waals surface area contributed by atoms with Gasteiger partial charge in [0, 0.05) is 16.5 Å². The first-order valence-corrected chi connectivity index (χ1v) is 7.83. The summed E-state index contributed by atoms with van der Waals surface area (Å²) in [5, 5.41) is 3.37. The van der Waals surface area contributed by atoms with Crippen LogP contribution in [0.1, 0.15) is 51.6 Å². The number of benzene rings is 1. The van der Waals surface area contributed by atoms with Crippen LogP contribution >= 0.6 is 11.8 Å². The molecule has 0 spiro atoms. The lowest BCUT2D eigenvalue weighted by Crippen LogP contribution is -2.21. The second-order valence-electron chi connectivity index (χ2n) is 4.53. The van der Waals surface area contributed by atoms with Crippen LogP contribution in [-0.2, 0) is 0 Å². The van der Waals surface area contributed by atoms with E-state index in [2.05, 4.69) is 19.2 Å². The van der Waals surface area contributed by atoms with Gasteiger partial charge in [0.05, 0.1) is 0 Å². The number of nitrogens with one attached hydrogen (secondary N) is 1. The monoisotopic (exact) mass is 269 g/mol. The van der Waals surface area contributed by atoms with Crippen LogP contribution in [0.3, 0.4) is 0 Å². The summed E-state index contributed by atoms with van der Waals surface area (Å²) < 4.78 is 14.0. The quantitative estimate of drug-likeness (QED) is 0.538. The molecule has 0 aliphatic rings. The lowest BCUT2D eigenvalue weighted by molar-refractivity contribution is 0.519. The molecule has 0 saturated heterocycles. The molecule has 0 amide bonds. The van der Waals surface area contributed by atoms with Crippen molar-refractivity contribution in [3.05, 3.63) is 29.6 Å². The molecule has 1 N–H and O–H groups in total. The highest BCUT2D eigenvalue weighted by Crippen LogP contribution is 2.30. The molecule has 0 aliphatic carbocycles. The number of thioether (sulfide) groups is 1. The van der Waals surface area contributed by atoms with Crippen LogP contribution in [0.4, 0.5) is 4.39 Å². The minimum absolute atomic E-state index is 0.0790. The maximum atomic E-state index is 14.0. The summed E-state index contributed by atoms with van der Waals surface area (Å²) >= 11 is 1.77. The van der Waals surface area contributed by atoms with Gasteiger partial charge < -0.3 is 5.32 Å². The Hall–Kier alpha value is -0.540. The van der Waals surface area contributed by atoms with Crippen LogP contribution in [0, 0.1) is 5.82 Å². The molecule has 1 atom stereocenters. The van der Waals surface area contributed by atoms with E-state index in [0.717, 1.165) is 29.2 Å². The third kappa shape index (κ3) is 4.62. The Morgan fingerprint density at radius 3 is 2.72 bits per heavy atom. The second-order valence-corrected chi connectivity index (χ2v) is 5.67. The zero-order valence-corrected chi connectivity index (χ0v) is 12.4. The van der Waals surface area contributed by atoms with Gasteiger partial charge in [-0.25, -0.2) is 4.39 Å². The van der Waals surface area contributed by atoms with Crippen LogP contribution in [0.15, 0.2) is 23.1 Å². The Morgan fingerprint density at radius 2 is 2.06 bits per heavy atom. The molecule has 1 aromatic carbocycles. The standard InChI is InChI=1S/C15H24FNS/c1-4-6-11-18-14-9-7-8-13(16)15(14)12(3)17-10-5-2/h7-9,12,17H,4-6,10-11H2,1-3H3. The number of hydrogen-bond acceptors (Lipinski definition) is 2. The van der Waals surface area contributed by atoms with Crippen molar-refractivity contribution in [2.24, 2.45) is 0 Å². The molecule has 1 unspecified atom stereocenters. The van der Waals surface area contributed by atoms with E-state index in [9.17, 15) is 4.39 Å². The Labute approximate surface area is 115 Å². The summed E-state index contributed by atoms with van der Waals surface area (Å²) in [4.78, 5) is 1.08. The summed E-state index contributed by atoms with van der Waals surface area (Å²) in [5.74, 6) is 0.973. The van der Waals surface area contributed by atoms with Gasteiger partial charge in [0.15, 0.2) is 0 Å². The summed E-state index contributed by atoms with van der Waals surface area (Å²) in [5.41, 5.74) is 0.826. The van der Waals surface area contributed by atoms with Gasteiger partial charge in [0.1, 0.15) is 5.82 Å². The Balaban J connectivity index is 2.79. The van der Waals surface area contributed by atoms with Crippen molar-refractivity contribution in [1.82, 2.24) is 5.32 Å². The van der Waals surface area contributed by atoms with Crippen LogP contribution in [-0.4, -0.2) is 12.3 Å². The van der Waals surface area contributed by atoms with Gasteiger partial charge >= 0.3 is 0 Å². The van der Waals surface area contributed by atoms with Crippen LogP contribution in [0.25, 0.3) is 0 Å². The summed E-state index contributed by atoms with van der Waals surface area (Å²) in [7, 11) is 0.